The second-order valence-corrected chi connectivity index (χ2v) is 7.46. The molecule has 7 heteroatoms. The molecular weight excluding hydrogens is 345 g/mol. The Labute approximate surface area is 151 Å². The van der Waals surface area contributed by atoms with Crippen molar-refractivity contribution >= 4 is 29.1 Å². The number of carbonyl (C=O) groups is 2. The maximum absolute atomic E-state index is 13.2. The average Bonchev–Trinajstić information content (AvgIpc) is 3.05. The number of piperidine rings is 1. The zero-order valence-corrected chi connectivity index (χ0v) is 14.8. The molecule has 25 heavy (non-hydrogen) atoms. The Morgan fingerprint density at radius 3 is 2.48 bits per heavy atom. The van der Waals surface area contributed by atoms with Crippen molar-refractivity contribution in [2.45, 2.75) is 44.1 Å². The first-order valence-electron chi connectivity index (χ1n) is 8.73. The molecule has 1 aromatic carbocycles. The van der Waals surface area contributed by atoms with Gasteiger partial charge in [-0.05, 0) is 43.9 Å². The zero-order chi connectivity index (χ0) is 18.0. The van der Waals surface area contributed by atoms with E-state index >= 15 is 0 Å². The topological polar surface area (TPSA) is 75.4 Å². The molecule has 3 rings (SSSR count). The third-order valence-electron chi connectivity index (χ3n) is 5.26. The summed E-state index contributed by atoms with van der Waals surface area (Å²) in [7, 11) is 0. The van der Waals surface area contributed by atoms with E-state index in [9.17, 15) is 14.0 Å². The minimum absolute atomic E-state index is 0.0224. The van der Waals surface area contributed by atoms with E-state index in [1.165, 1.54) is 18.2 Å². The van der Waals surface area contributed by atoms with Gasteiger partial charge in [0.25, 0.3) is 0 Å². The van der Waals surface area contributed by atoms with Gasteiger partial charge >= 0.3 is 0 Å². The summed E-state index contributed by atoms with van der Waals surface area (Å²) in [6, 6.07) is 4.10. The number of nitrogens with one attached hydrogen (secondary N) is 1. The van der Waals surface area contributed by atoms with E-state index < -0.39 is 11.4 Å². The Morgan fingerprint density at radius 2 is 1.88 bits per heavy atom. The summed E-state index contributed by atoms with van der Waals surface area (Å²) in [6.07, 6.45) is 4.70. The second kappa shape index (κ2) is 7.30. The molecule has 1 aliphatic carbocycles. The lowest BCUT2D eigenvalue weighted by Gasteiger charge is -2.36. The Morgan fingerprint density at radius 1 is 1.24 bits per heavy atom. The Bertz CT molecular complexity index is 668. The number of nitrogens with zero attached hydrogens (tertiary/aromatic N) is 1. The van der Waals surface area contributed by atoms with E-state index in [0.717, 1.165) is 25.7 Å². The monoisotopic (exact) mass is 367 g/mol. The van der Waals surface area contributed by atoms with Gasteiger partial charge in [-0.25, -0.2) is 4.39 Å². The van der Waals surface area contributed by atoms with Gasteiger partial charge in [-0.15, -0.1) is 0 Å². The molecule has 1 aliphatic heterocycles. The molecule has 1 heterocycles. The SMILES string of the molecule is NC1(C(=O)N2CCC(C(=O)Nc3ccc(F)c(Cl)c3)CC2)CCCC1. The van der Waals surface area contributed by atoms with E-state index in [2.05, 4.69) is 5.32 Å². The van der Waals surface area contributed by atoms with E-state index in [-0.39, 0.29) is 22.8 Å². The summed E-state index contributed by atoms with van der Waals surface area (Å²) in [6.45, 7) is 1.08. The van der Waals surface area contributed by atoms with Crippen LogP contribution >= 0.6 is 11.6 Å². The molecular formula is C18H23ClFN3O2. The molecule has 3 N–H and O–H groups in total. The lowest BCUT2D eigenvalue weighted by atomic mass is 9.92. The fraction of sp³-hybridized carbons (Fsp3) is 0.556. The normalized spacial score (nSPS) is 20.5. The first kappa shape index (κ1) is 18.1. The van der Waals surface area contributed by atoms with Gasteiger partial charge in [0.05, 0.1) is 10.6 Å². The zero-order valence-electron chi connectivity index (χ0n) is 14.1. The summed E-state index contributed by atoms with van der Waals surface area (Å²) in [5.41, 5.74) is 6.01. The van der Waals surface area contributed by atoms with E-state index in [1.807, 2.05) is 0 Å². The van der Waals surface area contributed by atoms with E-state index in [4.69, 9.17) is 17.3 Å². The minimum atomic E-state index is -0.708. The Balaban J connectivity index is 1.54. The van der Waals surface area contributed by atoms with Crippen molar-refractivity contribution in [1.82, 2.24) is 4.90 Å². The molecule has 1 aromatic rings. The molecule has 136 valence electrons. The molecule has 0 spiro atoms. The molecule has 5 nitrogen and oxygen atoms in total. The van der Waals surface area contributed by atoms with Crippen molar-refractivity contribution in [2.75, 3.05) is 18.4 Å². The molecule has 0 unspecified atom stereocenters. The van der Waals surface area contributed by atoms with Crippen LogP contribution in [-0.4, -0.2) is 35.3 Å². The second-order valence-electron chi connectivity index (χ2n) is 7.05. The minimum Gasteiger partial charge on any atom is -0.341 e. The highest BCUT2D eigenvalue weighted by Crippen LogP contribution is 2.31. The van der Waals surface area contributed by atoms with E-state index in [0.29, 0.717) is 31.6 Å². The van der Waals surface area contributed by atoms with Crippen LogP contribution in [-0.2, 0) is 9.59 Å². The number of hydrogen-bond donors (Lipinski definition) is 2. The lowest BCUT2D eigenvalue weighted by Crippen LogP contribution is -2.55. The summed E-state index contributed by atoms with van der Waals surface area (Å²) in [4.78, 5) is 26.8. The van der Waals surface area contributed by atoms with Crippen molar-refractivity contribution in [3.05, 3.63) is 29.0 Å². The number of anilines is 1. The Hall–Kier alpha value is -1.66. The largest absolute Gasteiger partial charge is 0.341 e. The first-order valence-corrected chi connectivity index (χ1v) is 9.11. The number of carbonyl (C=O) groups excluding carboxylic acids is 2. The average molecular weight is 368 g/mol. The standard InChI is InChI=1S/C18H23ClFN3O2/c19-14-11-13(3-4-15(14)20)22-16(24)12-5-9-23(10-6-12)17(25)18(21)7-1-2-8-18/h3-4,11-12H,1-2,5-10,21H2,(H,22,24). The highest BCUT2D eigenvalue weighted by Gasteiger charge is 2.41. The van der Waals surface area contributed by atoms with E-state index in [1.54, 1.807) is 4.90 Å². The lowest BCUT2D eigenvalue weighted by molar-refractivity contribution is -0.139. The van der Waals surface area contributed by atoms with Gasteiger partial charge in [0.15, 0.2) is 0 Å². The van der Waals surface area contributed by atoms with Gasteiger partial charge in [-0.1, -0.05) is 24.4 Å². The molecule has 2 aliphatic rings. The van der Waals surface area contributed by atoms with Crippen molar-refractivity contribution in [3.63, 3.8) is 0 Å². The fourth-order valence-corrected chi connectivity index (χ4v) is 3.88. The molecule has 2 fully saturated rings. The molecule has 1 saturated heterocycles. The van der Waals surface area contributed by atoms with Crippen molar-refractivity contribution in [1.29, 1.82) is 0 Å². The van der Waals surface area contributed by atoms with Gasteiger partial charge in [0.2, 0.25) is 11.8 Å². The van der Waals surface area contributed by atoms with Gasteiger partial charge in [0, 0.05) is 24.7 Å². The fourth-order valence-electron chi connectivity index (χ4n) is 3.70. The number of halogens is 2. The molecule has 0 bridgehead atoms. The third kappa shape index (κ3) is 3.96. The van der Waals surface area contributed by atoms with Crippen LogP contribution in [0.4, 0.5) is 10.1 Å². The number of rotatable bonds is 3. The summed E-state index contributed by atoms with van der Waals surface area (Å²) in [5.74, 6) is -0.799. The number of nitrogens with two attached hydrogens (primary N) is 1. The van der Waals surface area contributed by atoms with Crippen molar-refractivity contribution < 1.29 is 14.0 Å². The van der Waals surface area contributed by atoms with Crippen LogP contribution in [0.2, 0.25) is 5.02 Å². The maximum Gasteiger partial charge on any atom is 0.242 e. The summed E-state index contributed by atoms with van der Waals surface area (Å²) < 4.78 is 13.2. The summed E-state index contributed by atoms with van der Waals surface area (Å²) >= 11 is 5.73. The van der Waals surface area contributed by atoms with Crippen LogP contribution in [0.1, 0.15) is 38.5 Å². The predicted molar refractivity (Wildman–Crippen MR) is 94.7 cm³/mol. The Kier molecular flexibility index (Phi) is 5.29. The first-order chi connectivity index (χ1) is 11.9. The number of benzene rings is 1. The quantitative estimate of drug-likeness (QED) is 0.862. The highest BCUT2D eigenvalue weighted by molar-refractivity contribution is 6.31. The van der Waals surface area contributed by atoms with Gasteiger partial charge in [-0.2, -0.15) is 0 Å². The van der Waals surface area contributed by atoms with Crippen LogP contribution in [0.15, 0.2) is 18.2 Å². The molecule has 0 aromatic heterocycles. The van der Waals surface area contributed by atoms with Crippen molar-refractivity contribution in [2.24, 2.45) is 11.7 Å². The molecule has 1 saturated carbocycles. The number of likely N-dealkylation sites (tertiary alicyclic amines) is 1. The maximum atomic E-state index is 13.2. The molecule has 0 radical (unpaired) electrons. The number of hydrogen-bond acceptors (Lipinski definition) is 3. The smallest absolute Gasteiger partial charge is 0.242 e. The molecule has 0 atom stereocenters. The number of amides is 2. The van der Waals surface area contributed by atoms with Gasteiger partial charge in [0.1, 0.15) is 5.82 Å². The van der Waals surface area contributed by atoms with Crippen LogP contribution < -0.4 is 11.1 Å². The van der Waals surface area contributed by atoms with Crippen molar-refractivity contribution in [3.8, 4) is 0 Å². The molecule has 2 amide bonds. The van der Waals surface area contributed by atoms with Crippen LogP contribution in [0.3, 0.4) is 0 Å². The third-order valence-corrected chi connectivity index (χ3v) is 5.55. The van der Waals surface area contributed by atoms with Crippen LogP contribution in [0, 0.1) is 11.7 Å². The van der Waals surface area contributed by atoms with Crippen LogP contribution in [0.5, 0.6) is 0 Å². The predicted octanol–water partition coefficient (Wildman–Crippen LogP) is 2.93. The van der Waals surface area contributed by atoms with Gasteiger partial charge in [-0.3, -0.25) is 9.59 Å². The van der Waals surface area contributed by atoms with Crippen LogP contribution in [0.25, 0.3) is 0 Å². The van der Waals surface area contributed by atoms with Gasteiger partial charge < -0.3 is 16.0 Å². The highest BCUT2D eigenvalue weighted by atomic mass is 35.5. The summed E-state index contributed by atoms with van der Waals surface area (Å²) in [5, 5.41) is 2.74.